The van der Waals surface area contributed by atoms with Gasteiger partial charge in [0.1, 0.15) is 0 Å². The molecule has 30 heavy (non-hydrogen) atoms. The first-order chi connectivity index (χ1) is 14.3. The average Bonchev–Trinajstić information content (AvgIpc) is 2.98. The maximum atomic E-state index is 12.8. The Bertz CT molecular complexity index is 1010. The van der Waals surface area contributed by atoms with E-state index in [1.54, 1.807) is 43.5 Å². The molecule has 1 saturated heterocycles. The molecule has 3 rings (SSSR count). The summed E-state index contributed by atoms with van der Waals surface area (Å²) in [5.74, 6) is 0.853. The van der Waals surface area contributed by atoms with Crippen molar-refractivity contribution in [3.05, 3.63) is 62.5 Å². The Labute approximate surface area is 189 Å². The lowest BCUT2D eigenvalue weighted by Crippen LogP contribution is -2.27. The zero-order valence-corrected chi connectivity index (χ0v) is 19.1. The Balaban J connectivity index is 1.80. The van der Waals surface area contributed by atoms with Crippen molar-refractivity contribution in [2.45, 2.75) is 32.9 Å². The predicted octanol–water partition coefficient (Wildman–Crippen LogP) is 6.42. The molecule has 1 fully saturated rings. The molecule has 5 nitrogen and oxygen atoms in total. The van der Waals surface area contributed by atoms with Crippen LogP contribution in [-0.4, -0.2) is 29.3 Å². The molecule has 0 aromatic heterocycles. The molecule has 2 aromatic carbocycles. The van der Waals surface area contributed by atoms with Gasteiger partial charge in [-0.05, 0) is 66.6 Å². The van der Waals surface area contributed by atoms with Crippen molar-refractivity contribution in [3.8, 4) is 11.5 Å². The number of hydrogen-bond donors (Lipinski definition) is 0. The second-order valence-corrected chi connectivity index (χ2v) is 8.57. The summed E-state index contributed by atoms with van der Waals surface area (Å²) in [6.45, 7) is 4.15. The Morgan fingerprint density at radius 1 is 1.10 bits per heavy atom. The first-order valence-electron chi connectivity index (χ1n) is 9.36. The number of hydrogen-bond acceptors (Lipinski definition) is 5. The number of amides is 2. The van der Waals surface area contributed by atoms with Crippen molar-refractivity contribution in [2.75, 3.05) is 7.11 Å². The fourth-order valence-electron chi connectivity index (χ4n) is 2.78. The van der Waals surface area contributed by atoms with E-state index < -0.39 is 0 Å². The van der Waals surface area contributed by atoms with Crippen LogP contribution in [0.15, 0.2) is 41.3 Å². The highest BCUT2D eigenvalue weighted by Gasteiger charge is 2.35. The van der Waals surface area contributed by atoms with Gasteiger partial charge in [0.2, 0.25) is 0 Å². The first kappa shape index (κ1) is 22.5. The number of nitrogens with zero attached hydrogens (tertiary/aromatic N) is 1. The number of imide groups is 1. The van der Waals surface area contributed by atoms with E-state index >= 15 is 0 Å². The van der Waals surface area contributed by atoms with Crippen LogP contribution in [0.25, 0.3) is 6.08 Å². The van der Waals surface area contributed by atoms with Crippen LogP contribution in [0.1, 0.15) is 31.4 Å². The zero-order chi connectivity index (χ0) is 21.8. The van der Waals surface area contributed by atoms with Crippen molar-refractivity contribution in [1.82, 2.24) is 4.90 Å². The third-order valence-corrected chi connectivity index (χ3v) is 6.23. The minimum Gasteiger partial charge on any atom is -0.493 e. The molecule has 0 spiro atoms. The number of carbonyl (C=O) groups is 2. The minimum absolute atomic E-state index is 0.0580. The number of carbonyl (C=O) groups excluding carboxylic acids is 2. The summed E-state index contributed by atoms with van der Waals surface area (Å²) in [6, 6.07) is 10.4. The summed E-state index contributed by atoms with van der Waals surface area (Å²) in [5.41, 5.74) is 1.46. The Morgan fingerprint density at radius 3 is 2.53 bits per heavy atom. The van der Waals surface area contributed by atoms with Gasteiger partial charge in [0, 0.05) is 0 Å². The second-order valence-electron chi connectivity index (χ2n) is 6.76. The number of rotatable bonds is 7. The van der Waals surface area contributed by atoms with Gasteiger partial charge >= 0.3 is 0 Å². The van der Waals surface area contributed by atoms with Crippen molar-refractivity contribution in [2.24, 2.45) is 0 Å². The zero-order valence-electron chi connectivity index (χ0n) is 16.8. The van der Waals surface area contributed by atoms with Gasteiger partial charge in [-0.2, -0.15) is 0 Å². The quantitative estimate of drug-likeness (QED) is 0.441. The number of halogens is 2. The van der Waals surface area contributed by atoms with Crippen LogP contribution < -0.4 is 9.47 Å². The molecule has 158 valence electrons. The lowest BCUT2D eigenvalue weighted by atomic mass is 10.1. The number of thioether (sulfide) groups is 1. The van der Waals surface area contributed by atoms with Crippen LogP contribution in [0.2, 0.25) is 10.0 Å². The summed E-state index contributed by atoms with van der Waals surface area (Å²) in [5, 5.41) is 0.466. The molecule has 1 aliphatic heterocycles. The van der Waals surface area contributed by atoms with Gasteiger partial charge in [0.15, 0.2) is 11.5 Å². The molecular weight excluding hydrogens is 445 g/mol. The van der Waals surface area contributed by atoms with Crippen LogP contribution in [-0.2, 0) is 11.3 Å². The Kier molecular flexibility index (Phi) is 7.34. The van der Waals surface area contributed by atoms with Crippen molar-refractivity contribution < 1.29 is 19.1 Å². The highest BCUT2D eigenvalue weighted by atomic mass is 35.5. The molecular formula is C22H21Cl2NO4S. The first-order valence-corrected chi connectivity index (χ1v) is 10.9. The van der Waals surface area contributed by atoms with E-state index in [-0.39, 0.29) is 23.8 Å². The lowest BCUT2D eigenvalue weighted by molar-refractivity contribution is -0.123. The molecule has 1 atom stereocenters. The molecule has 1 heterocycles. The molecule has 0 saturated carbocycles. The molecule has 2 amide bonds. The molecule has 0 radical (unpaired) electrons. The SMILES string of the molecule is CCC(C)Oc1ccc(/C=C2\SC(=O)N(Cc3ccc(Cl)c(Cl)c3)C2=O)cc1OC. The van der Waals surface area contributed by atoms with Crippen LogP contribution in [0.5, 0.6) is 11.5 Å². The summed E-state index contributed by atoms with van der Waals surface area (Å²) in [6.07, 6.45) is 2.61. The van der Waals surface area contributed by atoms with E-state index in [9.17, 15) is 9.59 Å². The molecule has 2 aromatic rings. The third kappa shape index (κ3) is 5.12. The number of benzene rings is 2. The van der Waals surface area contributed by atoms with E-state index in [0.29, 0.717) is 26.4 Å². The van der Waals surface area contributed by atoms with Crippen molar-refractivity contribution >= 4 is 52.2 Å². The molecule has 1 aliphatic rings. The van der Waals surface area contributed by atoms with Crippen LogP contribution in [0.3, 0.4) is 0 Å². The number of ether oxygens (including phenoxy) is 2. The maximum Gasteiger partial charge on any atom is 0.293 e. The van der Waals surface area contributed by atoms with Gasteiger partial charge in [-0.25, -0.2) is 0 Å². The van der Waals surface area contributed by atoms with Crippen LogP contribution in [0, 0.1) is 0 Å². The second kappa shape index (κ2) is 9.77. The predicted molar refractivity (Wildman–Crippen MR) is 121 cm³/mol. The van der Waals surface area contributed by atoms with E-state index in [2.05, 4.69) is 0 Å². The number of methoxy groups -OCH3 is 1. The monoisotopic (exact) mass is 465 g/mol. The molecule has 0 bridgehead atoms. The standard InChI is InChI=1S/C22H21Cl2NO4S/c1-4-13(2)29-18-8-6-14(10-19(18)28-3)11-20-21(26)25(22(27)30-20)12-15-5-7-16(23)17(24)9-15/h5-11,13H,4,12H2,1-3H3/b20-11-. The molecule has 0 N–H and O–H groups in total. The van der Waals surface area contributed by atoms with Gasteiger partial charge in [-0.3, -0.25) is 14.5 Å². The molecule has 1 unspecified atom stereocenters. The average molecular weight is 466 g/mol. The van der Waals surface area contributed by atoms with Gasteiger partial charge in [0.25, 0.3) is 11.1 Å². The van der Waals surface area contributed by atoms with Gasteiger partial charge in [-0.15, -0.1) is 0 Å². The van der Waals surface area contributed by atoms with Crippen LogP contribution in [0.4, 0.5) is 4.79 Å². The maximum absolute atomic E-state index is 12.8. The van der Waals surface area contributed by atoms with Gasteiger partial charge in [0.05, 0.1) is 34.7 Å². The van der Waals surface area contributed by atoms with E-state index in [4.69, 9.17) is 32.7 Å². The normalized spacial score (nSPS) is 16.3. The summed E-state index contributed by atoms with van der Waals surface area (Å²) in [7, 11) is 1.56. The van der Waals surface area contributed by atoms with Crippen LogP contribution >= 0.6 is 35.0 Å². The Morgan fingerprint density at radius 2 is 1.87 bits per heavy atom. The smallest absolute Gasteiger partial charge is 0.293 e. The lowest BCUT2D eigenvalue weighted by Gasteiger charge is -2.15. The van der Waals surface area contributed by atoms with E-state index in [0.717, 1.165) is 29.3 Å². The van der Waals surface area contributed by atoms with E-state index in [1.807, 2.05) is 19.9 Å². The van der Waals surface area contributed by atoms with E-state index in [1.165, 1.54) is 4.90 Å². The summed E-state index contributed by atoms with van der Waals surface area (Å²) in [4.78, 5) is 26.7. The Hall–Kier alpha value is -2.15. The van der Waals surface area contributed by atoms with Gasteiger partial charge in [-0.1, -0.05) is 42.3 Å². The van der Waals surface area contributed by atoms with Crippen molar-refractivity contribution in [1.29, 1.82) is 0 Å². The van der Waals surface area contributed by atoms with Crippen molar-refractivity contribution in [3.63, 3.8) is 0 Å². The largest absolute Gasteiger partial charge is 0.493 e. The summed E-state index contributed by atoms with van der Waals surface area (Å²) >= 11 is 12.9. The highest BCUT2D eigenvalue weighted by Crippen LogP contribution is 2.36. The topological polar surface area (TPSA) is 55.8 Å². The summed E-state index contributed by atoms with van der Waals surface area (Å²) < 4.78 is 11.3. The fourth-order valence-corrected chi connectivity index (χ4v) is 3.94. The van der Waals surface area contributed by atoms with Gasteiger partial charge < -0.3 is 9.47 Å². The fraction of sp³-hybridized carbons (Fsp3) is 0.273. The minimum atomic E-state index is -0.352. The highest BCUT2D eigenvalue weighted by molar-refractivity contribution is 8.18. The molecule has 0 aliphatic carbocycles. The third-order valence-electron chi connectivity index (χ3n) is 4.59. The molecule has 8 heteroatoms.